The van der Waals surface area contributed by atoms with E-state index in [1.165, 1.54) is 10.4 Å². The van der Waals surface area contributed by atoms with E-state index in [2.05, 4.69) is 30.6 Å². The number of nitrogens with one attached hydrogen (secondary N) is 1. The first-order valence-electron chi connectivity index (χ1n) is 5.21. The summed E-state index contributed by atoms with van der Waals surface area (Å²) < 4.78 is 5.17. The fourth-order valence-electron chi connectivity index (χ4n) is 1.43. The molecule has 0 spiro atoms. The average molecular weight is 229 g/mol. The molecule has 0 bridgehead atoms. The van der Waals surface area contributed by atoms with Gasteiger partial charge in [0, 0.05) is 17.5 Å². The standard InChI is InChI=1S/C11H19NO2S/c1-9-3-8-15-11(9)10(2)12-4-6-14-7-5-13/h3,8,10,12-13H,4-7H2,1-2H3/t10-/m0/s1. The summed E-state index contributed by atoms with van der Waals surface area (Å²) in [5.74, 6) is 0. The highest BCUT2D eigenvalue weighted by Crippen LogP contribution is 2.22. The fourth-order valence-corrected chi connectivity index (χ4v) is 2.40. The zero-order chi connectivity index (χ0) is 11.1. The fraction of sp³-hybridized carbons (Fsp3) is 0.636. The van der Waals surface area contributed by atoms with Crippen LogP contribution < -0.4 is 5.32 Å². The Labute approximate surface area is 95.1 Å². The third-order valence-electron chi connectivity index (χ3n) is 2.23. The highest BCUT2D eigenvalue weighted by atomic mass is 32.1. The van der Waals surface area contributed by atoms with Gasteiger partial charge in [0.05, 0.1) is 19.8 Å². The lowest BCUT2D eigenvalue weighted by atomic mass is 10.2. The van der Waals surface area contributed by atoms with Crippen molar-refractivity contribution in [2.24, 2.45) is 0 Å². The van der Waals surface area contributed by atoms with Crippen molar-refractivity contribution < 1.29 is 9.84 Å². The Morgan fingerprint density at radius 1 is 1.53 bits per heavy atom. The van der Waals surface area contributed by atoms with Crippen molar-refractivity contribution in [1.82, 2.24) is 5.32 Å². The Morgan fingerprint density at radius 2 is 2.33 bits per heavy atom. The normalized spacial score (nSPS) is 13.0. The molecule has 0 amide bonds. The number of aliphatic hydroxyl groups excluding tert-OH is 1. The summed E-state index contributed by atoms with van der Waals surface area (Å²) in [6, 6.07) is 2.52. The lowest BCUT2D eigenvalue weighted by Gasteiger charge is -2.13. The first-order valence-corrected chi connectivity index (χ1v) is 6.09. The Hall–Kier alpha value is -0.420. The van der Waals surface area contributed by atoms with Gasteiger partial charge in [-0.1, -0.05) is 0 Å². The highest BCUT2D eigenvalue weighted by molar-refractivity contribution is 7.10. The van der Waals surface area contributed by atoms with E-state index in [-0.39, 0.29) is 6.61 Å². The van der Waals surface area contributed by atoms with E-state index in [9.17, 15) is 0 Å². The van der Waals surface area contributed by atoms with Gasteiger partial charge in [-0.05, 0) is 30.9 Å². The number of hydrogen-bond donors (Lipinski definition) is 2. The van der Waals surface area contributed by atoms with Crippen LogP contribution in [0.2, 0.25) is 0 Å². The van der Waals surface area contributed by atoms with Gasteiger partial charge in [-0.15, -0.1) is 11.3 Å². The van der Waals surface area contributed by atoms with Crippen LogP contribution in [-0.2, 0) is 4.74 Å². The van der Waals surface area contributed by atoms with Gasteiger partial charge in [-0.25, -0.2) is 0 Å². The molecule has 0 unspecified atom stereocenters. The molecule has 1 atom stereocenters. The third-order valence-corrected chi connectivity index (χ3v) is 3.43. The summed E-state index contributed by atoms with van der Waals surface area (Å²) in [7, 11) is 0. The number of thiophene rings is 1. The molecule has 1 heterocycles. The molecular weight excluding hydrogens is 210 g/mol. The number of rotatable bonds is 7. The van der Waals surface area contributed by atoms with Crippen molar-refractivity contribution in [3.05, 3.63) is 21.9 Å². The second-order valence-corrected chi connectivity index (χ2v) is 4.43. The second-order valence-electron chi connectivity index (χ2n) is 3.48. The number of hydrogen-bond acceptors (Lipinski definition) is 4. The molecule has 86 valence electrons. The Kier molecular flexibility index (Phi) is 5.86. The molecule has 1 rings (SSSR count). The summed E-state index contributed by atoms with van der Waals surface area (Å²) in [6.45, 7) is 6.28. The summed E-state index contributed by atoms with van der Waals surface area (Å²) in [5, 5.41) is 14.0. The summed E-state index contributed by atoms with van der Waals surface area (Å²) in [4.78, 5) is 1.39. The maximum atomic E-state index is 8.52. The topological polar surface area (TPSA) is 41.5 Å². The van der Waals surface area contributed by atoms with E-state index < -0.39 is 0 Å². The quantitative estimate of drug-likeness (QED) is 0.699. The first-order chi connectivity index (χ1) is 7.25. The van der Waals surface area contributed by atoms with E-state index in [1.54, 1.807) is 11.3 Å². The summed E-state index contributed by atoms with van der Waals surface area (Å²) in [5.41, 5.74) is 1.34. The molecule has 3 nitrogen and oxygen atoms in total. The van der Waals surface area contributed by atoms with Gasteiger partial charge < -0.3 is 15.2 Å². The van der Waals surface area contributed by atoms with Crippen molar-refractivity contribution in [3.8, 4) is 0 Å². The van der Waals surface area contributed by atoms with Crippen LogP contribution in [0.3, 0.4) is 0 Å². The minimum Gasteiger partial charge on any atom is -0.394 e. The monoisotopic (exact) mass is 229 g/mol. The molecule has 0 aliphatic heterocycles. The van der Waals surface area contributed by atoms with Crippen molar-refractivity contribution >= 4 is 11.3 Å². The van der Waals surface area contributed by atoms with Crippen molar-refractivity contribution in [2.75, 3.05) is 26.4 Å². The zero-order valence-electron chi connectivity index (χ0n) is 9.32. The Morgan fingerprint density at radius 3 is 2.93 bits per heavy atom. The van der Waals surface area contributed by atoms with Crippen LogP contribution in [0.25, 0.3) is 0 Å². The first kappa shape index (κ1) is 12.6. The van der Waals surface area contributed by atoms with Gasteiger partial charge in [0.15, 0.2) is 0 Å². The smallest absolute Gasteiger partial charge is 0.0698 e. The van der Waals surface area contributed by atoms with Crippen LogP contribution in [0.5, 0.6) is 0 Å². The highest BCUT2D eigenvalue weighted by Gasteiger charge is 2.08. The van der Waals surface area contributed by atoms with E-state index >= 15 is 0 Å². The maximum Gasteiger partial charge on any atom is 0.0698 e. The molecule has 2 N–H and O–H groups in total. The third kappa shape index (κ3) is 4.30. The largest absolute Gasteiger partial charge is 0.394 e. The lowest BCUT2D eigenvalue weighted by Crippen LogP contribution is -2.23. The number of aryl methyl sites for hydroxylation is 1. The molecular formula is C11H19NO2S. The van der Waals surface area contributed by atoms with Crippen LogP contribution in [0.4, 0.5) is 0 Å². The molecule has 0 aliphatic rings. The molecule has 0 saturated heterocycles. The molecule has 0 fully saturated rings. The van der Waals surface area contributed by atoms with Gasteiger partial charge >= 0.3 is 0 Å². The van der Waals surface area contributed by atoms with Gasteiger partial charge in [0.2, 0.25) is 0 Å². The molecule has 1 aromatic heterocycles. The molecule has 0 aromatic carbocycles. The average Bonchev–Trinajstić information content (AvgIpc) is 2.64. The lowest BCUT2D eigenvalue weighted by molar-refractivity contribution is 0.0929. The van der Waals surface area contributed by atoms with Crippen LogP contribution >= 0.6 is 11.3 Å². The SMILES string of the molecule is Cc1ccsc1[C@H](C)NCCOCCO. The summed E-state index contributed by atoms with van der Waals surface area (Å²) in [6.07, 6.45) is 0. The van der Waals surface area contributed by atoms with Crippen molar-refractivity contribution in [2.45, 2.75) is 19.9 Å². The second kappa shape index (κ2) is 6.95. The molecule has 4 heteroatoms. The molecule has 0 radical (unpaired) electrons. The van der Waals surface area contributed by atoms with E-state index in [0.717, 1.165) is 6.54 Å². The number of aliphatic hydroxyl groups is 1. The Bertz CT molecular complexity index is 275. The van der Waals surface area contributed by atoms with Gasteiger partial charge in [-0.2, -0.15) is 0 Å². The molecule has 1 aromatic rings. The Balaban J connectivity index is 2.19. The predicted octanol–water partition coefficient (Wildman–Crippen LogP) is 1.72. The van der Waals surface area contributed by atoms with Crippen molar-refractivity contribution in [1.29, 1.82) is 0 Å². The minimum absolute atomic E-state index is 0.0968. The molecule has 0 saturated carbocycles. The predicted molar refractivity (Wildman–Crippen MR) is 63.4 cm³/mol. The van der Waals surface area contributed by atoms with E-state index in [0.29, 0.717) is 19.3 Å². The van der Waals surface area contributed by atoms with Gasteiger partial charge in [0.25, 0.3) is 0 Å². The van der Waals surface area contributed by atoms with Gasteiger partial charge in [-0.3, -0.25) is 0 Å². The van der Waals surface area contributed by atoms with Crippen LogP contribution in [0, 0.1) is 6.92 Å². The number of ether oxygens (including phenoxy) is 1. The van der Waals surface area contributed by atoms with Crippen LogP contribution in [0.1, 0.15) is 23.4 Å². The van der Waals surface area contributed by atoms with Crippen LogP contribution in [0.15, 0.2) is 11.4 Å². The molecule has 0 aliphatic carbocycles. The minimum atomic E-state index is 0.0968. The summed E-state index contributed by atoms with van der Waals surface area (Å²) >= 11 is 1.78. The zero-order valence-corrected chi connectivity index (χ0v) is 10.1. The molecule has 15 heavy (non-hydrogen) atoms. The van der Waals surface area contributed by atoms with E-state index in [1.807, 2.05) is 0 Å². The maximum absolute atomic E-state index is 8.52. The van der Waals surface area contributed by atoms with Crippen molar-refractivity contribution in [3.63, 3.8) is 0 Å². The van der Waals surface area contributed by atoms with Crippen LogP contribution in [-0.4, -0.2) is 31.5 Å². The van der Waals surface area contributed by atoms with E-state index in [4.69, 9.17) is 9.84 Å². The van der Waals surface area contributed by atoms with Gasteiger partial charge in [0.1, 0.15) is 0 Å².